The molecule has 0 bridgehead atoms. The second-order valence-corrected chi connectivity index (χ2v) is 8.19. The molecule has 0 N–H and O–H groups in total. The van der Waals surface area contributed by atoms with Gasteiger partial charge < -0.3 is 14.2 Å². The van der Waals surface area contributed by atoms with Crippen LogP contribution in [0.25, 0.3) is 10.9 Å². The van der Waals surface area contributed by atoms with Crippen LogP contribution in [0, 0.1) is 0 Å². The monoisotopic (exact) mass is 463 g/mol. The van der Waals surface area contributed by atoms with Gasteiger partial charge in [0, 0.05) is 5.92 Å². The van der Waals surface area contributed by atoms with Crippen molar-refractivity contribution in [3.63, 3.8) is 0 Å². The molecule has 1 aliphatic carbocycles. The summed E-state index contributed by atoms with van der Waals surface area (Å²) in [7, 11) is 1.31. The first kappa shape index (κ1) is 23.5. The molecule has 1 fully saturated rings. The Morgan fingerprint density at radius 2 is 1.91 bits per heavy atom. The largest absolute Gasteiger partial charge is 0.490 e. The van der Waals surface area contributed by atoms with Crippen molar-refractivity contribution in [1.82, 2.24) is 9.66 Å². The predicted octanol–water partition coefficient (Wildman–Crippen LogP) is 4.28. The smallest absolute Gasteiger partial charge is 0.343 e. The maximum atomic E-state index is 13.3. The number of fused-ring (bicyclic) bond motifs is 1. The van der Waals surface area contributed by atoms with Crippen molar-refractivity contribution in [3.8, 4) is 11.5 Å². The summed E-state index contributed by atoms with van der Waals surface area (Å²) in [6.07, 6.45) is 7.09. The summed E-state index contributed by atoms with van der Waals surface area (Å²) in [4.78, 5) is 29.6. The van der Waals surface area contributed by atoms with Crippen LogP contribution in [0.1, 0.15) is 56.3 Å². The van der Waals surface area contributed by atoms with Crippen LogP contribution in [0.5, 0.6) is 11.5 Å². The summed E-state index contributed by atoms with van der Waals surface area (Å²) in [5.41, 5.74) is 1.25. The van der Waals surface area contributed by atoms with E-state index < -0.39 is 5.97 Å². The average molecular weight is 464 g/mol. The van der Waals surface area contributed by atoms with Gasteiger partial charge in [0.15, 0.2) is 18.1 Å². The van der Waals surface area contributed by atoms with Gasteiger partial charge in [-0.15, -0.1) is 0 Å². The topological polar surface area (TPSA) is 92.0 Å². The average Bonchev–Trinajstić information content (AvgIpc) is 2.88. The molecule has 0 aliphatic heterocycles. The highest BCUT2D eigenvalue weighted by atomic mass is 16.6. The quantitative estimate of drug-likeness (QED) is 0.366. The Labute approximate surface area is 198 Å². The van der Waals surface area contributed by atoms with Crippen LogP contribution >= 0.6 is 0 Å². The van der Waals surface area contributed by atoms with Crippen LogP contribution in [0.2, 0.25) is 0 Å². The molecule has 8 heteroatoms. The summed E-state index contributed by atoms with van der Waals surface area (Å²) >= 11 is 0. The summed E-state index contributed by atoms with van der Waals surface area (Å²) in [5.74, 6) is 1.34. The number of aromatic nitrogens is 2. The summed E-state index contributed by atoms with van der Waals surface area (Å²) in [6.45, 7) is 2.07. The van der Waals surface area contributed by atoms with Crippen molar-refractivity contribution in [2.45, 2.75) is 44.9 Å². The standard InChI is InChI=1S/C26H29N3O5/c1-3-33-23-15-18(13-14-22(23)34-17-24(30)32-2)16-27-29-25(19-9-5-4-6-10-19)28-21-12-8-7-11-20(21)26(29)31/h7-8,11-16,19H,3-6,9-10,17H2,1-2H3. The molecule has 8 nitrogen and oxygen atoms in total. The van der Waals surface area contributed by atoms with E-state index in [9.17, 15) is 9.59 Å². The Morgan fingerprint density at radius 3 is 2.68 bits per heavy atom. The van der Waals surface area contributed by atoms with Crippen LogP contribution in [0.4, 0.5) is 0 Å². The molecule has 0 saturated heterocycles. The first-order valence-corrected chi connectivity index (χ1v) is 11.6. The Kier molecular flexibility index (Phi) is 7.57. The summed E-state index contributed by atoms with van der Waals surface area (Å²) < 4.78 is 17.3. The van der Waals surface area contributed by atoms with Crippen LogP contribution < -0.4 is 15.0 Å². The van der Waals surface area contributed by atoms with Gasteiger partial charge in [0.2, 0.25) is 0 Å². The molecule has 1 aliphatic rings. The highest BCUT2D eigenvalue weighted by Crippen LogP contribution is 2.32. The number of hydrogen-bond acceptors (Lipinski definition) is 7. The lowest BCUT2D eigenvalue weighted by atomic mass is 9.88. The molecule has 4 rings (SSSR count). The van der Waals surface area contributed by atoms with Crippen LogP contribution in [0.15, 0.2) is 52.4 Å². The minimum Gasteiger partial charge on any atom is -0.490 e. The van der Waals surface area contributed by atoms with E-state index in [2.05, 4.69) is 9.84 Å². The molecule has 3 aromatic rings. The molecule has 0 unspecified atom stereocenters. The van der Waals surface area contributed by atoms with E-state index in [1.54, 1.807) is 30.5 Å². The lowest BCUT2D eigenvalue weighted by Crippen LogP contribution is -2.25. The Hall–Kier alpha value is -3.68. The molecule has 0 atom stereocenters. The normalized spacial score (nSPS) is 14.4. The maximum Gasteiger partial charge on any atom is 0.343 e. The highest BCUT2D eigenvalue weighted by molar-refractivity contribution is 5.81. The van der Waals surface area contributed by atoms with E-state index >= 15 is 0 Å². The van der Waals surface area contributed by atoms with Gasteiger partial charge >= 0.3 is 5.97 Å². The van der Waals surface area contributed by atoms with Crippen molar-refractivity contribution < 1.29 is 19.0 Å². The molecule has 1 aromatic heterocycles. The zero-order chi connectivity index (χ0) is 23.9. The number of carbonyl (C=O) groups is 1. The second kappa shape index (κ2) is 11.0. The van der Waals surface area contributed by atoms with Gasteiger partial charge in [-0.1, -0.05) is 31.4 Å². The van der Waals surface area contributed by atoms with E-state index in [4.69, 9.17) is 14.5 Å². The number of nitrogens with zero attached hydrogens (tertiary/aromatic N) is 3. The predicted molar refractivity (Wildman–Crippen MR) is 130 cm³/mol. The zero-order valence-electron chi connectivity index (χ0n) is 19.5. The number of benzene rings is 2. The minimum absolute atomic E-state index is 0.175. The van der Waals surface area contributed by atoms with Gasteiger partial charge in [-0.2, -0.15) is 9.78 Å². The molecule has 1 saturated carbocycles. The Morgan fingerprint density at radius 1 is 1.12 bits per heavy atom. The van der Waals surface area contributed by atoms with E-state index in [1.165, 1.54) is 18.2 Å². The first-order valence-electron chi connectivity index (χ1n) is 11.6. The van der Waals surface area contributed by atoms with Gasteiger partial charge in [0.05, 0.1) is 30.8 Å². The highest BCUT2D eigenvalue weighted by Gasteiger charge is 2.22. The SMILES string of the molecule is CCOc1cc(C=Nn2c(C3CCCCC3)nc3ccccc3c2=O)ccc1OCC(=O)OC. The van der Waals surface area contributed by atoms with Gasteiger partial charge in [-0.3, -0.25) is 4.79 Å². The van der Waals surface area contributed by atoms with Crippen molar-refractivity contribution in [2.75, 3.05) is 20.3 Å². The molecule has 34 heavy (non-hydrogen) atoms. The minimum atomic E-state index is -0.480. The number of carbonyl (C=O) groups excluding carboxylic acids is 1. The van der Waals surface area contributed by atoms with E-state index in [1.807, 2.05) is 25.1 Å². The molecule has 0 radical (unpaired) electrons. The fourth-order valence-electron chi connectivity index (χ4n) is 4.19. The van der Waals surface area contributed by atoms with Crippen molar-refractivity contribution >= 4 is 23.1 Å². The van der Waals surface area contributed by atoms with E-state index in [0.29, 0.717) is 34.8 Å². The Balaban J connectivity index is 1.69. The Bertz CT molecular complexity index is 1240. The van der Waals surface area contributed by atoms with Crippen LogP contribution in [-0.2, 0) is 9.53 Å². The fraction of sp³-hybridized carbons (Fsp3) is 0.385. The van der Waals surface area contributed by atoms with Gasteiger partial charge in [-0.05, 0) is 55.7 Å². The van der Waals surface area contributed by atoms with Crippen molar-refractivity contribution in [3.05, 3.63) is 64.2 Å². The zero-order valence-corrected chi connectivity index (χ0v) is 19.5. The third-order valence-corrected chi connectivity index (χ3v) is 5.91. The van der Waals surface area contributed by atoms with Crippen molar-refractivity contribution in [2.24, 2.45) is 5.10 Å². The van der Waals surface area contributed by atoms with E-state index in [-0.39, 0.29) is 18.1 Å². The number of esters is 1. The second-order valence-electron chi connectivity index (χ2n) is 8.19. The molecular weight excluding hydrogens is 434 g/mol. The lowest BCUT2D eigenvalue weighted by molar-refractivity contribution is -0.142. The first-order chi connectivity index (χ1) is 16.6. The molecule has 178 valence electrons. The van der Waals surface area contributed by atoms with Gasteiger partial charge in [-0.25, -0.2) is 9.78 Å². The number of hydrogen-bond donors (Lipinski definition) is 0. The molecule has 0 spiro atoms. The fourth-order valence-corrected chi connectivity index (χ4v) is 4.19. The number of para-hydroxylation sites is 1. The van der Waals surface area contributed by atoms with Gasteiger partial charge in [0.25, 0.3) is 5.56 Å². The number of ether oxygens (including phenoxy) is 3. The molecular formula is C26H29N3O5. The number of rotatable bonds is 8. The molecule has 1 heterocycles. The van der Waals surface area contributed by atoms with Crippen LogP contribution in [-0.4, -0.2) is 42.2 Å². The lowest BCUT2D eigenvalue weighted by Gasteiger charge is -2.22. The third-order valence-electron chi connectivity index (χ3n) is 5.91. The molecule has 2 aromatic carbocycles. The number of methoxy groups -OCH3 is 1. The molecule has 0 amide bonds. The maximum absolute atomic E-state index is 13.3. The van der Waals surface area contributed by atoms with Crippen molar-refractivity contribution in [1.29, 1.82) is 0 Å². The third kappa shape index (κ3) is 5.27. The summed E-state index contributed by atoms with van der Waals surface area (Å²) in [6, 6.07) is 12.6. The van der Waals surface area contributed by atoms with Gasteiger partial charge in [0.1, 0.15) is 5.82 Å². The van der Waals surface area contributed by atoms with Crippen LogP contribution in [0.3, 0.4) is 0 Å². The van der Waals surface area contributed by atoms with E-state index in [0.717, 1.165) is 31.2 Å². The summed E-state index contributed by atoms with van der Waals surface area (Å²) in [5, 5.41) is 5.11.